The number of likely N-dealkylation sites (tertiary alicyclic amines) is 1. The molecule has 1 aromatic heterocycles. The molecule has 0 saturated carbocycles. The van der Waals surface area contributed by atoms with Gasteiger partial charge in [-0.25, -0.2) is 0 Å². The largest absolute Gasteiger partial charge is 0.370 e. The van der Waals surface area contributed by atoms with Crippen molar-refractivity contribution in [1.29, 1.82) is 5.41 Å². The van der Waals surface area contributed by atoms with Gasteiger partial charge in [-0.05, 0) is 72.9 Å². The fourth-order valence-electron chi connectivity index (χ4n) is 7.19. The van der Waals surface area contributed by atoms with Crippen LogP contribution < -0.4 is 48.7 Å². The molecule has 22 heteroatoms. The molecule has 19 nitrogen and oxygen atoms in total. The number of nitrogens with two attached hydrogens (primary N) is 2. The fraction of sp³-hybridized carbons (Fsp3) is 0.548. The van der Waals surface area contributed by atoms with E-state index in [1.165, 1.54) is 28.0 Å². The summed E-state index contributed by atoms with van der Waals surface area (Å²) in [5.41, 5.74) is 11.6. The molecule has 0 aliphatic carbocycles. The Morgan fingerprint density at radius 1 is 0.844 bits per heavy atom. The first-order valence-electron chi connectivity index (χ1n) is 21.3. The molecule has 2 aromatic rings. The molecule has 2 aliphatic rings. The van der Waals surface area contributed by atoms with Crippen LogP contribution in [0.3, 0.4) is 0 Å². The van der Waals surface area contributed by atoms with Crippen LogP contribution in [0.1, 0.15) is 69.2 Å². The standard InChI is InChI=1S/C42H60ClN11O8S2/c1-24(2)35-40(61)51-30(22-33(44)55)37(58)52-31(41(62)54-17-5-9-32(54)39(60)47-15-3-4-16-48-42(45)46)23-63-18-7-10-34(56)49-28(20-25-11-13-26(43)14-12-25)36(57)50-29(38(59)53-35)21-27-8-6-19-64-27/h6,8,11-14,19,24,28-32,35H,3-5,7,9-10,15-18,20-23H2,1-2H3,(H2,44,55)(H,47,60)(H,49,56)(H,50,57)(H,51,61)(H,52,58)(H,53,59)(H4,45,46,48)/t28-,29-,30-,31-,32-,35-/m0/s1. The predicted octanol–water partition coefficient (Wildman–Crippen LogP) is 0.0396. The molecule has 3 heterocycles. The Kier molecular flexibility index (Phi) is 20.6. The fourth-order valence-corrected chi connectivity index (χ4v) is 9.05. The SMILES string of the molecule is CC(C)[C@@H]1NC(=O)[C@H](Cc2cccs2)NC(=O)[C@H](Cc2ccc(Cl)cc2)NC(=O)CCCSC[C@@H](C(=O)N2CCC[C@H]2C(=O)NCCCCNC(=N)N)NC(=O)[C@H](CC(N)=O)NC1=O. The number of halogens is 1. The number of guanidine groups is 1. The number of thioether (sulfide) groups is 1. The summed E-state index contributed by atoms with van der Waals surface area (Å²) in [5, 5.41) is 28.7. The highest BCUT2D eigenvalue weighted by atomic mass is 35.5. The van der Waals surface area contributed by atoms with Gasteiger partial charge in [0.05, 0.1) is 6.42 Å². The molecule has 6 atom stereocenters. The first-order valence-corrected chi connectivity index (χ1v) is 23.7. The number of nitrogens with zero attached hydrogens (tertiary/aromatic N) is 1. The Morgan fingerprint density at radius 3 is 2.16 bits per heavy atom. The zero-order valence-electron chi connectivity index (χ0n) is 36.0. The van der Waals surface area contributed by atoms with E-state index in [9.17, 15) is 38.4 Å². The highest BCUT2D eigenvalue weighted by molar-refractivity contribution is 7.99. The van der Waals surface area contributed by atoms with Crippen molar-refractivity contribution >= 4 is 87.9 Å². The van der Waals surface area contributed by atoms with E-state index in [2.05, 4.69) is 37.2 Å². The summed E-state index contributed by atoms with van der Waals surface area (Å²) in [6.07, 6.45) is 1.98. The summed E-state index contributed by atoms with van der Waals surface area (Å²) in [6, 6.07) is 3.22. The number of unbranched alkanes of at least 4 members (excludes halogenated alkanes) is 1. The quantitative estimate of drug-likeness (QED) is 0.0685. The van der Waals surface area contributed by atoms with Crippen molar-refractivity contribution in [2.45, 2.75) is 108 Å². The van der Waals surface area contributed by atoms with Crippen molar-refractivity contribution in [2.75, 3.05) is 31.1 Å². The van der Waals surface area contributed by atoms with Gasteiger partial charge < -0.3 is 53.6 Å². The maximum Gasteiger partial charge on any atom is 0.246 e. The Labute approximate surface area is 385 Å². The number of rotatable bonds is 14. The highest BCUT2D eigenvalue weighted by Crippen LogP contribution is 2.21. The topological polar surface area (TPSA) is 300 Å². The third-order valence-corrected chi connectivity index (χ3v) is 12.9. The van der Waals surface area contributed by atoms with Gasteiger partial charge in [0.2, 0.25) is 47.3 Å². The van der Waals surface area contributed by atoms with E-state index in [4.69, 9.17) is 28.5 Å². The van der Waals surface area contributed by atoms with Gasteiger partial charge in [0.15, 0.2) is 5.96 Å². The van der Waals surface area contributed by atoms with Crippen LogP contribution in [0, 0.1) is 11.3 Å². The van der Waals surface area contributed by atoms with Crippen LogP contribution >= 0.6 is 34.7 Å². The van der Waals surface area contributed by atoms with E-state index < -0.39 is 89.9 Å². The molecular formula is C42H60ClN11O8S2. The molecule has 0 unspecified atom stereocenters. The minimum atomic E-state index is -1.55. The molecule has 2 fully saturated rings. The third kappa shape index (κ3) is 16.6. The average Bonchev–Trinajstić information content (AvgIpc) is 3.95. The predicted molar refractivity (Wildman–Crippen MR) is 245 cm³/mol. The number of thiophene rings is 1. The van der Waals surface area contributed by atoms with Gasteiger partial charge in [-0.2, -0.15) is 11.8 Å². The number of hydrogen-bond donors (Lipinski definition) is 10. The molecule has 1 aromatic carbocycles. The van der Waals surface area contributed by atoms with Crippen molar-refractivity contribution in [3.8, 4) is 0 Å². The minimum Gasteiger partial charge on any atom is -0.370 e. The Bertz CT molecular complexity index is 1960. The number of hydrogen-bond acceptors (Lipinski definition) is 11. The molecule has 12 N–H and O–H groups in total. The average molecular weight is 947 g/mol. The summed E-state index contributed by atoms with van der Waals surface area (Å²) in [5.74, 6) is -5.66. The second-order valence-electron chi connectivity index (χ2n) is 16.0. The lowest BCUT2D eigenvalue weighted by molar-refractivity contribution is -0.141. The van der Waals surface area contributed by atoms with Gasteiger partial charge in [0.1, 0.15) is 36.3 Å². The third-order valence-electron chi connectivity index (χ3n) is 10.6. The summed E-state index contributed by atoms with van der Waals surface area (Å²) in [4.78, 5) is 112. The van der Waals surface area contributed by atoms with Crippen molar-refractivity contribution in [3.05, 3.63) is 57.2 Å². The first kappa shape index (κ1) is 51.2. The summed E-state index contributed by atoms with van der Waals surface area (Å²) >= 11 is 8.75. The lowest BCUT2D eigenvalue weighted by Crippen LogP contribution is -2.61. The van der Waals surface area contributed by atoms with Gasteiger partial charge in [0, 0.05) is 54.5 Å². The maximum atomic E-state index is 14.3. The second kappa shape index (κ2) is 25.8. The second-order valence-corrected chi connectivity index (χ2v) is 18.6. The van der Waals surface area contributed by atoms with Gasteiger partial charge in [-0.1, -0.05) is 43.6 Å². The van der Waals surface area contributed by atoms with E-state index in [-0.39, 0.29) is 43.4 Å². The molecule has 0 radical (unpaired) electrons. The van der Waals surface area contributed by atoms with E-state index in [1.54, 1.807) is 50.2 Å². The van der Waals surface area contributed by atoms with Crippen LogP contribution in [0.25, 0.3) is 0 Å². The highest BCUT2D eigenvalue weighted by Gasteiger charge is 2.39. The smallest absolute Gasteiger partial charge is 0.246 e. The number of carbonyl (C=O) groups is 8. The monoisotopic (exact) mass is 945 g/mol. The van der Waals surface area contributed by atoms with E-state index in [1.807, 2.05) is 5.38 Å². The maximum absolute atomic E-state index is 14.3. The van der Waals surface area contributed by atoms with Gasteiger partial charge >= 0.3 is 0 Å². The molecule has 8 amide bonds. The molecule has 4 rings (SSSR count). The van der Waals surface area contributed by atoms with E-state index in [0.29, 0.717) is 61.5 Å². The first-order chi connectivity index (χ1) is 30.5. The summed E-state index contributed by atoms with van der Waals surface area (Å²) in [7, 11) is 0. The minimum absolute atomic E-state index is 0.00342. The number of amides is 8. The Morgan fingerprint density at radius 2 is 1.50 bits per heavy atom. The lowest BCUT2D eigenvalue weighted by atomic mass is 10.0. The van der Waals surface area contributed by atoms with Crippen LogP contribution in [0.5, 0.6) is 0 Å². The van der Waals surface area contributed by atoms with Crippen molar-refractivity contribution in [2.24, 2.45) is 17.4 Å². The Balaban J connectivity index is 1.61. The van der Waals surface area contributed by atoms with Gasteiger partial charge in [0.25, 0.3) is 0 Å². The molecule has 2 saturated heterocycles. The number of benzene rings is 1. The number of nitrogens with one attached hydrogen (secondary N) is 8. The van der Waals surface area contributed by atoms with Crippen LogP contribution in [0.15, 0.2) is 41.8 Å². The van der Waals surface area contributed by atoms with Crippen molar-refractivity contribution < 1.29 is 38.4 Å². The zero-order chi connectivity index (χ0) is 46.8. The molecule has 2 aliphatic heterocycles. The lowest BCUT2D eigenvalue weighted by Gasteiger charge is -2.30. The molecule has 0 bridgehead atoms. The van der Waals surface area contributed by atoms with Crippen LogP contribution in [0.2, 0.25) is 5.02 Å². The Hall–Kier alpha value is -5.41. The normalized spacial score (nSPS) is 23.2. The molecule has 350 valence electrons. The zero-order valence-corrected chi connectivity index (χ0v) is 38.4. The number of primary amides is 1. The van der Waals surface area contributed by atoms with Crippen LogP contribution in [0.4, 0.5) is 0 Å². The molecule has 64 heavy (non-hydrogen) atoms. The van der Waals surface area contributed by atoms with Crippen molar-refractivity contribution in [1.82, 2.24) is 42.1 Å². The van der Waals surface area contributed by atoms with E-state index >= 15 is 0 Å². The summed E-state index contributed by atoms with van der Waals surface area (Å²) < 4.78 is 0. The van der Waals surface area contributed by atoms with Gasteiger partial charge in [-0.15, -0.1) is 11.3 Å². The molecule has 0 spiro atoms. The van der Waals surface area contributed by atoms with Crippen LogP contribution in [-0.4, -0.2) is 126 Å². The summed E-state index contributed by atoms with van der Waals surface area (Å²) in [6.45, 7) is 4.36. The molecular weight excluding hydrogens is 886 g/mol. The number of carbonyl (C=O) groups excluding carboxylic acids is 8. The van der Waals surface area contributed by atoms with E-state index in [0.717, 1.165) is 4.88 Å². The van der Waals surface area contributed by atoms with Crippen LogP contribution in [-0.2, 0) is 51.2 Å². The van der Waals surface area contributed by atoms with Crippen molar-refractivity contribution in [3.63, 3.8) is 0 Å². The van der Waals surface area contributed by atoms with Gasteiger partial charge in [-0.3, -0.25) is 43.8 Å².